The van der Waals surface area contributed by atoms with Crippen molar-refractivity contribution in [3.05, 3.63) is 65.7 Å². The number of hydrogen-bond donors (Lipinski definition) is 0. The number of nitrogens with zero attached hydrogens (tertiary/aromatic N) is 1. The molecule has 2 aromatic carbocycles. The van der Waals surface area contributed by atoms with E-state index < -0.39 is 0 Å². The highest BCUT2D eigenvalue weighted by molar-refractivity contribution is 6.63. The SMILES string of the molecule is O=C(Cl)CCN1CCC[C@@H]1COc1ccc(Cc2ccccc2)cc1. The molecule has 25 heavy (non-hydrogen) atoms. The predicted octanol–water partition coefficient (Wildman–Crippen LogP) is 4.28. The Morgan fingerprint density at radius 3 is 2.52 bits per heavy atom. The van der Waals surface area contributed by atoms with Crippen LogP contribution in [0.5, 0.6) is 5.75 Å². The molecule has 0 N–H and O–H groups in total. The van der Waals surface area contributed by atoms with Crippen LogP contribution in [0.1, 0.15) is 30.4 Å². The first kappa shape index (κ1) is 18.0. The average molecular weight is 358 g/mol. The molecule has 1 aliphatic rings. The molecule has 1 heterocycles. The maximum absolute atomic E-state index is 11.0. The number of benzene rings is 2. The van der Waals surface area contributed by atoms with Crippen LogP contribution in [-0.2, 0) is 11.2 Å². The van der Waals surface area contributed by atoms with Crippen LogP contribution in [0.3, 0.4) is 0 Å². The summed E-state index contributed by atoms with van der Waals surface area (Å²) in [5.41, 5.74) is 2.59. The van der Waals surface area contributed by atoms with Crippen LogP contribution in [0.25, 0.3) is 0 Å². The lowest BCUT2D eigenvalue weighted by Gasteiger charge is -2.23. The molecular weight excluding hydrogens is 334 g/mol. The standard InChI is InChI=1S/C21H24ClNO2/c22-21(24)12-14-23-13-4-7-19(23)16-25-20-10-8-18(9-11-20)15-17-5-2-1-3-6-17/h1-3,5-6,8-11,19H,4,7,12-16H2/t19-/m1/s1. The van der Waals surface area contributed by atoms with Crippen molar-refractivity contribution in [1.29, 1.82) is 0 Å². The van der Waals surface area contributed by atoms with Crippen molar-refractivity contribution in [2.75, 3.05) is 19.7 Å². The molecule has 0 amide bonds. The Hall–Kier alpha value is -1.84. The van der Waals surface area contributed by atoms with Crippen molar-refractivity contribution in [2.24, 2.45) is 0 Å². The zero-order chi connectivity index (χ0) is 17.5. The molecule has 3 nitrogen and oxygen atoms in total. The van der Waals surface area contributed by atoms with E-state index in [2.05, 4.69) is 41.3 Å². The molecule has 1 saturated heterocycles. The number of halogens is 1. The normalized spacial score (nSPS) is 17.6. The zero-order valence-corrected chi connectivity index (χ0v) is 15.1. The van der Waals surface area contributed by atoms with Gasteiger partial charge in [-0.05, 0) is 60.7 Å². The molecule has 1 fully saturated rings. The summed E-state index contributed by atoms with van der Waals surface area (Å²) < 4.78 is 5.97. The van der Waals surface area contributed by atoms with Gasteiger partial charge in [0.15, 0.2) is 0 Å². The highest BCUT2D eigenvalue weighted by Gasteiger charge is 2.25. The van der Waals surface area contributed by atoms with Gasteiger partial charge in [0, 0.05) is 19.0 Å². The summed E-state index contributed by atoms with van der Waals surface area (Å²) in [5.74, 6) is 0.900. The van der Waals surface area contributed by atoms with E-state index in [1.54, 1.807) is 0 Å². The molecular formula is C21H24ClNO2. The summed E-state index contributed by atoms with van der Waals surface area (Å²) in [6, 6.07) is 19.2. The monoisotopic (exact) mass is 357 g/mol. The Morgan fingerprint density at radius 1 is 1.08 bits per heavy atom. The Labute approximate surface area is 154 Å². The molecule has 0 bridgehead atoms. The molecule has 0 aliphatic carbocycles. The molecule has 1 aliphatic heterocycles. The van der Waals surface area contributed by atoms with E-state index in [9.17, 15) is 4.79 Å². The van der Waals surface area contributed by atoms with Gasteiger partial charge in [-0.3, -0.25) is 9.69 Å². The Morgan fingerprint density at radius 2 is 1.80 bits per heavy atom. The summed E-state index contributed by atoms with van der Waals surface area (Å²) in [6.07, 6.45) is 3.61. The summed E-state index contributed by atoms with van der Waals surface area (Å²) in [4.78, 5) is 13.3. The molecule has 4 heteroatoms. The topological polar surface area (TPSA) is 29.5 Å². The summed E-state index contributed by atoms with van der Waals surface area (Å²) in [6.45, 7) is 2.41. The van der Waals surface area contributed by atoms with Gasteiger partial charge in [0.05, 0.1) is 0 Å². The van der Waals surface area contributed by atoms with E-state index in [1.165, 1.54) is 11.1 Å². The highest BCUT2D eigenvalue weighted by Crippen LogP contribution is 2.20. The predicted molar refractivity (Wildman–Crippen MR) is 101 cm³/mol. The number of carbonyl (C=O) groups excluding carboxylic acids is 1. The van der Waals surface area contributed by atoms with Crippen molar-refractivity contribution >= 4 is 16.8 Å². The minimum atomic E-state index is -0.263. The average Bonchev–Trinajstić information content (AvgIpc) is 3.08. The van der Waals surface area contributed by atoms with Gasteiger partial charge in [-0.15, -0.1) is 0 Å². The fourth-order valence-corrected chi connectivity index (χ4v) is 3.42. The summed E-state index contributed by atoms with van der Waals surface area (Å²) >= 11 is 5.45. The Kier molecular flexibility index (Phi) is 6.48. The number of likely N-dealkylation sites (tertiary alicyclic amines) is 1. The lowest BCUT2D eigenvalue weighted by Crippen LogP contribution is -2.35. The molecule has 0 saturated carbocycles. The van der Waals surface area contributed by atoms with Gasteiger partial charge < -0.3 is 4.74 Å². The van der Waals surface area contributed by atoms with Crippen LogP contribution in [0, 0.1) is 0 Å². The molecule has 0 spiro atoms. The largest absolute Gasteiger partial charge is 0.492 e. The second-order valence-corrected chi connectivity index (χ2v) is 6.98. The van der Waals surface area contributed by atoms with E-state index >= 15 is 0 Å². The van der Waals surface area contributed by atoms with Gasteiger partial charge in [0.2, 0.25) is 5.24 Å². The lowest BCUT2D eigenvalue weighted by atomic mass is 10.1. The van der Waals surface area contributed by atoms with Crippen LogP contribution >= 0.6 is 11.6 Å². The maximum atomic E-state index is 11.0. The van der Waals surface area contributed by atoms with Gasteiger partial charge >= 0.3 is 0 Å². The second kappa shape index (κ2) is 9.02. The summed E-state index contributed by atoms with van der Waals surface area (Å²) in [7, 11) is 0. The third-order valence-electron chi connectivity index (χ3n) is 4.71. The zero-order valence-electron chi connectivity index (χ0n) is 14.4. The fraction of sp³-hybridized carbons (Fsp3) is 0.381. The van der Waals surface area contributed by atoms with Gasteiger partial charge in [0.25, 0.3) is 0 Å². The number of carbonyl (C=O) groups is 1. The van der Waals surface area contributed by atoms with Gasteiger partial charge in [-0.2, -0.15) is 0 Å². The number of ether oxygens (including phenoxy) is 1. The van der Waals surface area contributed by atoms with Crippen LogP contribution < -0.4 is 4.74 Å². The van der Waals surface area contributed by atoms with Gasteiger partial charge in [-0.25, -0.2) is 0 Å². The van der Waals surface area contributed by atoms with Gasteiger partial charge in [0.1, 0.15) is 12.4 Å². The first-order valence-electron chi connectivity index (χ1n) is 8.89. The molecule has 3 rings (SSSR count). The first-order chi connectivity index (χ1) is 12.2. The fourth-order valence-electron chi connectivity index (χ4n) is 3.34. The molecule has 0 unspecified atom stereocenters. The van der Waals surface area contributed by atoms with E-state index in [-0.39, 0.29) is 5.24 Å². The Bertz CT molecular complexity index is 672. The third-order valence-corrected chi connectivity index (χ3v) is 4.90. The van der Waals surface area contributed by atoms with Crippen molar-refractivity contribution in [3.63, 3.8) is 0 Å². The van der Waals surface area contributed by atoms with E-state index in [0.29, 0.717) is 19.1 Å². The highest BCUT2D eigenvalue weighted by atomic mass is 35.5. The van der Waals surface area contributed by atoms with E-state index in [0.717, 1.165) is 38.1 Å². The first-order valence-corrected chi connectivity index (χ1v) is 9.26. The van der Waals surface area contributed by atoms with Crippen molar-refractivity contribution in [1.82, 2.24) is 4.90 Å². The van der Waals surface area contributed by atoms with Crippen molar-refractivity contribution in [2.45, 2.75) is 31.7 Å². The number of hydrogen-bond acceptors (Lipinski definition) is 3. The third kappa shape index (κ3) is 5.58. The molecule has 1 atom stereocenters. The van der Waals surface area contributed by atoms with E-state index in [4.69, 9.17) is 16.3 Å². The van der Waals surface area contributed by atoms with Crippen molar-refractivity contribution in [3.8, 4) is 5.75 Å². The molecule has 132 valence electrons. The minimum absolute atomic E-state index is 0.263. The van der Waals surface area contributed by atoms with Crippen molar-refractivity contribution < 1.29 is 9.53 Å². The van der Waals surface area contributed by atoms with Gasteiger partial charge in [-0.1, -0.05) is 42.5 Å². The smallest absolute Gasteiger partial charge is 0.222 e. The lowest BCUT2D eigenvalue weighted by molar-refractivity contribution is -0.112. The van der Waals surface area contributed by atoms with Crippen LogP contribution in [-0.4, -0.2) is 35.9 Å². The van der Waals surface area contributed by atoms with Crippen LogP contribution in [0.15, 0.2) is 54.6 Å². The van der Waals surface area contributed by atoms with E-state index in [1.807, 2.05) is 18.2 Å². The molecule has 0 radical (unpaired) electrons. The minimum Gasteiger partial charge on any atom is -0.492 e. The summed E-state index contributed by atoms with van der Waals surface area (Å²) in [5, 5.41) is -0.263. The van der Waals surface area contributed by atoms with Crippen LogP contribution in [0.4, 0.5) is 0 Å². The molecule has 2 aromatic rings. The maximum Gasteiger partial charge on any atom is 0.222 e. The van der Waals surface area contributed by atoms with Crippen LogP contribution in [0.2, 0.25) is 0 Å². The molecule has 0 aromatic heterocycles. The second-order valence-electron chi connectivity index (χ2n) is 6.55. The number of rotatable bonds is 8. The quantitative estimate of drug-likeness (QED) is 0.660. The Balaban J connectivity index is 1.49.